The Kier molecular flexibility index (Phi) is 6.31. The standard InChI is InChI=1S/C26H34N4O2/c1-18-21-12-13-22(31)30(15-8-11-19-9-6-5-7-10-19)24(21)28-23(27-18)20-14-16-29(17-20)25(32)26(2,3)4/h5-7,9-10,20H,8,11-17H2,1-4H3. The van der Waals surface area contributed by atoms with Crippen LogP contribution in [0.25, 0.3) is 0 Å². The van der Waals surface area contributed by atoms with Gasteiger partial charge in [0.15, 0.2) is 0 Å². The smallest absolute Gasteiger partial charge is 0.228 e. The van der Waals surface area contributed by atoms with E-state index in [9.17, 15) is 9.59 Å². The molecule has 1 fully saturated rings. The number of nitrogens with zero attached hydrogens (tertiary/aromatic N) is 4. The Balaban J connectivity index is 1.52. The summed E-state index contributed by atoms with van der Waals surface area (Å²) in [6.45, 7) is 9.95. The van der Waals surface area contributed by atoms with E-state index in [1.54, 1.807) is 0 Å². The Bertz CT molecular complexity index is 997. The van der Waals surface area contributed by atoms with E-state index in [-0.39, 0.29) is 23.1 Å². The second-order valence-electron chi connectivity index (χ2n) is 10.1. The quantitative estimate of drug-likeness (QED) is 0.712. The minimum atomic E-state index is -0.385. The first-order chi connectivity index (χ1) is 15.2. The third-order valence-electron chi connectivity index (χ3n) is 6.53. The Morgan fingerprint density at radius 1 is 1.12 bits per heavy atom. The molecule has 1 aromatic carbocycles. The van der Waals surface area contributed by atoms with E-state index in [2.05, 4.69) is 24.3 Å². The van der Waals surface area contributed by atoms with Gasteiger partial charge in [-0.15, -0.1) is 0 Å². The van der Waals surface area contributed by atoms with E-state index >= 15 is 0 Å². The molecule has 0 N–H and O–H groups in total. The first-order valence-corrected chi connectivity index (χ1v) is 11.7. The van der Waals surface area contributed by atoms with Crippen molar-refractivity contribution in [3.63, 3.8) is 0 Å². The summed E-state index contributed by atoms with van der Waals surface area (Å²) in [6.07, 6.45) is 3.91. The van der Waals surface area contributed by atoms with E-state index in [0.29, 0.717) is 25.9 Å². The van der Waals surface area contributed by atoms with Gasteiger partial charge in [0, 0.05) is 48.6 Å². The Morgan fingerprint density at radius 3 is 2.59 bits per heavy atom. The van der Waals surface area contributed by atoms with Crippen molar-refractivity contribution in [1.29, 1.82) is 0 Å². The number of rotatable bonds is 5. The van der Waals surface area contributed by atoms with E-state index in [1.807, 2.05) is 43.6 Å². The highest BCUT2D eigenvalue weighted by molar-refractivity contribution is 5.95. The molecule has 2 aliphatic heterocycles. The molecule has 1 unspecified atom stereocenters. The van der Waals surface area contributed by atoms with Crippen LogP contribution < -0.4 is 4.90 Å². The molecule has 2 amide bonds. The molecular weight excluding hydrogens is 400 g/mol. The van der Waals surface area contributed by atoms with Crippen LogP contribution in [0.2, 0.25) is 0 Å². The summed E-state index contributed by atoms with van der Waals surface area (Å²) in [5.74, 6) is 2.00. The second-order valence-corrected chi connectivity index (χ2v) is 10.1. The summed E-state index contributed by atoms with van der Waals surface area (Å²) < 4.78 is 0. The van der Waals surface area contributed by atoms with Crippen molar-refractivity contribution in [2.45, 2.75) is 65.7 Å². The lowest BCUT2D eigenvalue weighted by atomic mass is 9.95. The molecule has 170 valence electrons. The normalized spacial score (nSPS) is 18.8. The Morgan fingerprint density at radius 2 is 1.88 bits per heavy atom. The van der Waals surface area contributed by atoms with Crippen LogP contribution in [-0.2, 0) is 22.4 Å². The molecule has 1 saturated heterocycles. The monoisotopic (exact) mass is 434 g/mol. The van der Waals surface area contributed by atoms with Gasteiger partial charge in [0.2, 0.25) is 11.8 Å². The highest BCUT2D eigenvalue weighted by Crippen LogP contribution is 2.33. The van der Waals surface area contributed by atoms with Crippen molar-refractivity contribution in [2.24, 2.45) is 5.41 Å². The van der Waals surface area contributed by atoms with Crippen LogP contribution in [-0.4, -0.2) is 46.3 Å². The number of carbonyl (C=O) groups is 2. The highest BCUT2D eigenvalue weighted by atomic mass is 16.2. The van der Waals surface area contributed by atoms with Crippen molar-refractivity contribution in [3.05, 3.63) is 53.0 Å². The van der Waals surface area contributed by atoms with E-state index in [0.717, 1.165) is 48.7 Å². The molecule has 32 heavy (non-hydrogen) atoms. The molecule has 4 rings (SSSR count). The third kappa shape index (κ3) is 4.69. The lowest BCUT2D eigenvalue weighted by molar-refractivity contribution is -0.138. The predicted molar refractivity (Wildman–Crippen MR) is 126 cm³/mol. The van der Waals surface area contributed by atoms with Crippen molar-refractivity contribution in [2.75, 3.05) is 24.5 Å². The van der Waals surface area contributed by atoms with Crippen LogP contribution in [0.4, 0.5) is 5.82 Å². The number of aromatic nitrogens is 2. The van der Waals surface area contributed by atoms with Crippen molar-refractivity contribution in [3.8, 4) is 0 Å². The van der Waals surface area contributed by atoms with Gasteiger partial charge in [-0.25, -0.2) is 9.97 Å². The first-order valence-electron chi connectivity index (χ1n) is 11.7. The molecule has 1 aromatic heterocycles. The number of carbonyl (C=O) groups excluding carboxylic acids is 2. The van der Waals surface area contributed by atoms with Gasteiger partial charge < -0.3 is 4.90 Å². The second kappa shape index (κ2) is 9.00. The fourth-order valence-corrected chi connectivity index (χ4v) is 4.73. The zero-order valence-corrected chi connectivity index (χ0v) is 19.7. The zero-order valence-electron chi connectivity index (χ0n) is 19.7. The van der Waals surface area contributed by atoms with E-state index in [4.69, 9.17) is 9.97 Å². The third-order valence-corrected chi connectivity index (χ3v) is 6.53. The summed E-state index contributed by atoms with van der Waals surface area (Å²) in [6, 6.07) is 10.4. The van der Waals surface area contributed by atoms with Gasteiger partial charge in [-0.05, 0) is 38.2 Å². The highest BCUT2D eigenvalue weighted by Gasteiger charge is 2.36. The number of aryl methyl sites for hydroxylation is 2. The number of amides is 2. The molecular formula is C26H34N4O2. The number of anilines is 1. The van der Waals surface area contributed by atoms with E-state index < -0.39 is 0 Å². The molecule has 0 spiro atoms. The summed E-state index contributed by atoms with van der Waals surface area (Å²) in [4.78, 5) is 39.1. The van der Waals surface area contributed by atoms with Crippen LogP contribution >= 0.6 is 0 Å². The van der Waals surface area contributed by atoms with E-state index in [1.165, 1.54) is 5.56 Å². The number of benzene rings is 1. The molecule has 2 aromatic rings. The molecule has 2 aliphatic rings. The zero-order chi connectivity index (χ0) is 22.9. The number of fused-ring (bicyclic) bond motifs is 1. The van der Waals surface area contributed by atoms with Crippen molar-refractivity contribution >= 4 is 17.6 Å². The molecule has 1 atom stereocenters. The minimum Gasteiger partial charge on any atom is -0.341 e. The summed E-state index contributed by atoms with van der Waals surface area (Å²) in [5, 5.41) is 0. The maximum absolute atomic E-state index is 12.8. The van der Waals surface area contributed by atoms with Gasteiger partial charge in [-0.1, -0.05) is 51.1 Å². The molecule has 6 heteroatoms. The predicted octanol–water partition coefficient (Wildman–Crippen LogP) is 4.06. The van der Waals surface area contributed by atoms with Gasteiger partial charge in [-0.2, -0.15) is 0 Å². The lowest BCUT2D eigenvalue weighted by Gasteiger charge is -2.30. The molecule has 0 radical (unpaired) electrons. The molecule has 3 heterocycles. The van der Waals surface area contributed by atoms with Crippen LogP contribution in [0.15, 0.2) is 30.3 Å². The number of likely N-dealkylation sites (tertiary alicyclic amines) is 1. The molecule has 0 bridgehead atoms. The SMILES string of the molecule is Cc1nc(C2CCN(C(=O)C(C)(C)C)C2)nc2c1CCC(=O)N2CCCc1ccccc1. The largest absolute Gasteiger partial charge is 0.341 e. The van der Waals surface area contributed by atoms with Gasteiger partial charge in [0.05, 0.1) is 0 Å². The Labute approximate surface area is 191 Å². The average Bonchev–Trinajstić information content (AvgIpc) is 3.25. The molecule has 6 nitrogen and oxygen atoms in total. The molecule has 0 saturated carbocycles. The fourth-order valence-electron chi connectivity index (χ4n) is 4.73. The summed E-state index contributed by atoms with van der Waals surface area (Å²) in [7, 11) is 0. The van der Waals surface area contributed by atoms with Gasteiger partial charge in [0.1, 0.15) is 11.6 Å². The van der Waals surface area contributed by atoms with Crippen LogP contribution in [0.1, 0.15) is 68.6 Å². The van der Waals surface area contributed by atoms with Gasteiger partial charge in [-0.3, -0.25) is 14.5 Å². The maximum atomic E-state index is 12.8. The topological polar surface area (TPSA) is 66.4 Å². The minimum absolute atomic E-state index is 0.119. The number of hydrogen-bond acceptors (Lipinski definition) is 4. The van der Waals surface area contributed by atoms with Crippen molar-refractivity contribution in [1.82, 2.24) is 14.9 Å². The number of hydrogen-bond donors (Lipinski definition) is 0. The fraction of sp³-hybridized carbons (Fsp3) is 0.538. The average molecular weight is 435 g/mol. The van der Waals surface area contributed by atoms with Crippen LogP contribution in [0.5, 0.6) is 0 Å². The van der Waals surface area contributed by atoms with Crippen LogP contribution in [0, 0.1) is 12.3 Å². The maximum Gasteiger partial charge on any atom is 0.228 e. The summed E-state index contributed by atoms with van der Waals surface area (Å²) >= 11 is 0. The Hall–Kier alpha value is -2.76. The van der Waals surface area contributed by atoms with Crippen molar-refractivity contribution < 1.29 is 9.59 Å². The van der Waals surface area contributed by atoms with Gasteiger partial charge >= 0.3 is 0 Å². The molecule has 0 aliphatic carbocycles. The van der Waals surface area contributed by atoms with Crippen LogP contribution in [0.3, 0.4) is 0 Å². The lowest BCUT2D eigenvalue weighted by Crippen LogP contribution is -2.38. The van der Waals surface area contributed by atoms with Gasteiger partial charge in [0.25, 0.3) is 0 Å². The first kappa shape index (κ1) is 22.4. The summed E-state index contributed by atoms with van der Waals surface area (Å²) in [5.41, 5.74) is 2.95.